The second-order valence-electron chi connectivity index (χ2n) is 5.10. The summed E-state index contributed by atoms with van der Waals surface area (Å²) in [4.78, 5) is 11.0. The molecule has 0 heterocycles. The molecule has 2 rings (SSSR count). The minimum atomic E-state index is -3.49. The van der Waals surface area contributed by atoms with Gasteiger partial charge in [0.25, 0.3) is 0 Å². The van der Waals surface area contributed by atoms with Gasteiger partial charge in [0.15, 0.2) is 9.84 Å². The number of rotatable bonds is 8. The minimum absolute atomic E-state index is 0.240. The van der Waals surface area contributed by atoms with E-state index in [2.05, 4.69) is 5.32 Å². The van der Waals surface area contributed by atoms with Crippen molar-refractivity contribution in [2.75, 3.05) is 0 Å². The first-order valence-electron chi connectivity index (χ1n) is 7.34. The van der Waals surface area contributed by atoms with E-state index in [-0.39, 0.29) is 10.9 Å². The average molecular weight is 329 g/mol. The summed E-state index contributed by atoms with van der Waals surface area (Å²) < 4.78 is 24.4. The van der Waals surface area contributed by atoms with Crippen LogP contribution in [0.5, 0.6) is 0 Å². The van der Waals surface area contributed by atoms with Gasteiger partial charge in [-0.2, -0.15) is 0 Å². The summed E-state index contributed by atoms with van der Waals surface area (Å²) in [5.74, 6) is 0. The fourth-order valence-corrected chi connectivity index (χ4v) is 3.27. The Kier molecular flexibility index (Phi) is 6.11. The fraction of sp³-hybridized carbons (Fsp3) is 0.167. The van der Waals surface area contributed by atoms with E-state index in [1.807, 2.05) is 30.3 Å². The molecule has 2 aromatic carbocycles. The fourth-order valence-electron chi connectivity index (χ4n) is 2.18. The minimum Gasteiger partial charge on any atom is -0.352 e. The van der Waals surface area contributed by atoms with Gasteiger partial charge in [-0.15, -0.1) is 0 Å². The van der Waals surface area contributed by atoms with Crippen molar-refractivity contribution in [3.05, 3.63) is 77.7 Å². The number of carbonyl (C=O) groups is 1. The highest BCUT2D eigenvalue weighted by atomic mass is 32.2. The number of nitrogens with one attached hydrogen (secondary N) is 1. The van der Waals surface area contributed by atoms with E-state index in [0.717, 1.165) is 17.4 Å². The highest BCUT2D eigenvalue weighted by Gasteiger charge is 2.11. The second-order valence-corrected chi connectivity index (χ2v) is 6.94. The van der Waals surface area contributed by atoms with Crippen LogP contribution in [0.3, 0.4) is 0 Å². The van der Waals surface area contributed by atoms with Crippen molar-refractivity contribution < 1.29 is 13.2 Å². The van der Waals surface area contributed by atoms with Crippen LogP contribution in [0.2, 0.25) is 0 Å². The van der Waals surface area contributed by atoms with E-state index in [4.69, 9.17) is 0 Å². The number of carbonyl (C=O) groups excluding carboxylic acids is 1. The molecule has 0 bridgehead atoms. The van der Waals surface area contributed by atoms with Crippen LogP contribution in [-0.4, -0.2) is 20.9 Å². The summed E-state index contributed by atoms with van der Waals surface area (Å²) in [6, 6.07) is 17.7. The first-order chi connectivity index (χ1) is 11.1. The molecule has 0 aliphatic carbocycles. The SMILES string of the molecule is O=CN[C@H](/C=C/S(=O)(=O)c1ccccc1)CCc1ccccc1. The maximum Gasteiger partial charge on any atom is 0.207 e. The molecule has 0 aromatic heterocycles. The van der Waals surface area contributed by atoms with E-state index < -0.39 is 9.84 Å². The molecular formula is C18H19NO3S. The van der Waals surface area contributed by atoms with Gasteiger partial charge in [-0.25, -0.2) is 8.42 Å². The van der Waals surface area contributed by atoms with E-state index >= 15 is 0 Å². The lowest BCUT2D eigenvalue weighted by atomic mass is 10.1. The Morgan fingerprint density at radius 3 is 2.17 bits per heavy atom. The topological polar surface area (TPSA) is 63.2 Å². The zero-order valence-corrected chi connectivity index (χ0v) is 13.4. The summed E-state index contributed by atoms with van der Waals surface area (Å²) in [6.45, 7) is 0. The van der Waals surface area contributed by atoms with Crippen molar-refractivity contribution in [1.82, 2.24) is 5.32 Å². The number of hydrogen-bond donors (Lipinski definition) is 1. The molecule has 1 amide bonds. The molecule has 120 valence electrons. The molecule has 0 saturated heterocycles. The lowest BCUT2D eigenvalue weighted by molar-refractivity contribution is -0.109. The lowest BCUT2D eigenvalue weighted by Crippen LogP contribution is -2.26. The Labute approximate surface area is 136 Å². The molecule has 1 atom stereocenters. The predicted molar refractivity (Wildman–Crippen MR) is 90.5 cm³/mol. The molecular weight excluding hydrogens is 310 g/mol. The normalized spacial score (nSPS) is 12.9. The molecule has 0 aliphatic heterocycles. The Morgan fingerprint density at radius 2 is 1.57 bits per heavy atom. The smallest absolute Gasteiger partial charge is 0.207 e. The summed E-state index contributed by atoms with van der Waals surface area (Å²) >= 11 is 0. The molecule has 0 saturated carbocycles. The number of amides is 1. The molecule has 23 heavy (non-hydrogen) atoms. The first-order valence-corrected chi connectivity index (χ1v) is 8.88. The van der Waals surface area contributed by atoms with Gasteiger partial charge >= 0.3 is 0 Å². The van der Waals surface area contributed by atoms with Gasteiger partial charge in [0, 0.05) is 11.4 Å². The molecule has 0 radical (unpaired) electrons. The van der Waals surface area contributed by atoms with E-state index in [9.17, 15) is 13.2 Å². The summed E-state index contributed by atoms with van der Waals surface area (Å²) in [5.41, 5.74) is 1.14. The van der Waals surface area contributed by atoms with Crippen LogP contribution in [0.1, 0.15) is 12.0 Å². The second kappa shape index (κ2) is 8.29. The number of aryl methyl sites for hydroxylation is 1. The van der Waals surface area contributed by atoms with Gasteiger partial charge in [0.2, 0.25) is 6.41 Å². The van der Waals surface area contributed by atoms with E-state index in [1.54, 1.807) is 30.3 Å². The number of hydrogen-bond acceptors (Lipinski definition) is 3. The third-order valence-corrected chi connectivity index (χ3v) is 4.88. The Balaban J connectivity index is 2.05. The maximum atomic E-state index is 12.2. The largest absolute Gasteiger partial charge is 0.352 e. The van der Waals surface area contributed by atoms with Crippen molar-refractivity contribution in [1.29, 1.82) is 0 Å². The summed E-state index contributed by atoms with van der Waals surface area (Å²) in [7, 11) is -3.49. The van der Waals surface area contributed by atoms with Crippen molar-refractivity contribution in [3.8, 4) is 0 Å². The van der Waals surface area contributed by atoms with Crippen molar-refractivity contribution in [3.63, 3.8) is 0 Å². The van der Waals surface area contributed by atoms with Crippen LogP contribution in [0.4, 0.5) is 0 Å². The molecule has 4 nitrogen and oxygen atoms in total. The number of benzene rings is 2. The zero-order chi connectivity index (χ0) is 16.5. The van der Waals surface area contributed by atoms with Gasteiger partial charge in [0.1, 0.15) is 0 Å². The molecule has 0 spiro atoms. The van der Waals surface area contributed by atoms with E-state index in [0.29, 0.717) is 12.8 Å². The van der Waals surface area contributed by atoms with Gasteiger partial charge in [-0.3, -0.25) is 4.79 Å². The first kappa shape index (κ1) is 17.0. The lowest BCUT2D eigenvalue weighted by Gasteiger charge is -2.11. The van der Waals surface area contributed by atoms with Crippen molar-refractivity contribution in [2.45, 2.75) is 23.8 Å². The molecule has 5 heteroatoms. The predicted octanol–water partition coefficient (Wildman–Crippen LogP) is 2.72. The van der Waals surface area contributed by atoms with Gasteiger partial charge in [-0.05, 0) is 30.5 Å². The quantitative estimate of drug-likeness (QED) is 0.758. The van der Waals surface area contributed by atoms with Crippen LogP contribution in [-0.2, 0) is 21.1 Å². The van der Waals surface area contributed by atoms with Gasteiger partial charge in [0.05, 0.1) is 4.90 Å². The highest BCUT2D eigenvalue weighted by Crippen LogP contribution is 2.12. The summed E-state index contributed by atoms with van der Waals surface area (Å²) in [6.07, 6.45) is 3.50. The van der Waals surface area contributed by atoms with Crippen LogP contribution < -0.4 is 5.32 Å². The zero-order valence-electron chi connectivity index (χ0n) is 12.6. The highest BCUT2D eigenvalue weighted by molar-refractivity contribution is 7.94. The maximum absolute atomic E-state index is 12.2. The molecule has 2 aromatic rings. The monoisotopic (exact) mass is 329 g/mol. The van der Waals surface area contributed by atoms with E-state index in [1.165, 1.54) is 6.08 Å². The molecule has 0 aliphatic rings. The van der Waals surface area contributed by atoms with Gasteiger partial charge < -0.3 is 5.32 Å². The average Bonchev–Trinajstić information content (AvgIpc) is 2.59. The number of sulfone groups is 1. The van der Waals surface area contributed by atoms with Crippen LogP contribution >= 0.6 is 0 Å². The van der Waals surface area contributed by atoms with Crippen molar-refractivity contribution in [2.24, 2.45) is 0 Å². The Bertz CT molecular complexity index is 740. The van der Waals surface area contributed by atoms with Crippen LogP contribution in [0, 0.1) is 0 Å². The third kappa shape index (κ3) is 5.38. The molecule has 1 N–H and O–H groups in total. The standard InChI is InChI=1S/C18H19NO3S/c20-15-19-17(12-11-16-7-3-1-4-8-16)13-14-23(21,22)18-9-5-2-6-10-18/h1-10,13-15,17H,11-12H2,(H,19,20)/b14-13+/t17-/m0/s1. The third-order valence-electron chi connectivity index (χ3n) is 3.43. The van der Waals surface area contributed by atoms with Gasteiger partial charge in [-0.1, -0.05) is 54.6 Å². The van der Waals surface area contributed by atoms with Crippen LogP contribution in [0.15, 0.2) is 77.0 Å². The Morgan fingerprint density at radius 1 is 0.957 bits per heavy atom. The Hall–Kier alpha value is -2.40. The molecule has 0 fully saturated rings. The van der Waals surface area contributed by atoms with Crippen LogP contribution in [0.25, 0.3) is 0 Å². The molecule has 0 unspecified atom stereocenters. The summed E-state index contributed by atoms with van der Waals surface area (Å²) in [5, 5.41) is 3.81. The van der Waals surface area contributed by atoms with Crippen molar-refractivity contribution >= 4 is 16.2 Å².